The second-order valence-electron chi connectivity index (χ2n) is 20.2. The average molecular weight is 956 g/mol. The van der Waals surface area contributed by atoms with E-state index in [0.29, 0.717) is 0 Å². The molecular formula is C72H45NO2. The number of benzene rings is 12. The number of hydrogen-bond acceptors (Lipinski definition) is 3. The van der Waals surface area contributed by atoms with Crippen LogP contribution in [0.2, 0.25) is 0 Å². The van der Waals surface area contributed by atoms with Crippen molar-refractivity contribution < 1.29 is 9.47 Å². The summed E-state index contributed by atoms with van der Waals surface area (Å²) in [6.45, 7) is 0. The van der Waals surface area contributed by atoms with Crippen LogP contribution in [0.1, 0.15) is 44.5 Å². The fraction of sp³-hybridized carbons (Fsp3) is 0.0278. The maximum absolute atomic E-state index is 6.88. The molecule has 0 saturated carbocycles. The number of anilines is 3. The van der Waals surface area contributed by atoms with Crippen molar-refractivity contribution in [1.29, 1.82) is 0 Å². The van der Waals surface area contributed by atoms with Gasteiger partial charge in [-0.05, 0) is 127 Å². The summed E-state index contributed by atoms with van der Waals surface area (Å²) in [7, 11) is 0. The second-order valence-corrected chi connectivity index (χ2v) is 20.2. The van der Waals surface area contributed by atoms with E-state index in [2.05, 4.69) is 278 Å². The number of nitrogens with zero attached hydrogens (tertiary/aromatic N) is 1. The first-order chi connectivity index (χ1) is 37.2. The van der Waals surface area contributed by atoms with Crippen LogP contribution >= 0.6 is 0 Å². The third-order valence-corrected chi connectivity index (χ3v) is 16.6. The van der Waals surface area contributed by atoms with Crippen LogP contribution in [0.3, 0.4) is 0 Å². The lowest BCUT2D eigenvalue weighted by Crippen LogP contribution is -2.32. The van der Waals surface area contributed by atoms with Crippen LogP contribution in [-0.2, 0) is 10.8 Å². The summed E-state index contributed by atoms with van der Waals surface area (Å²) in [5.41, 5.74) is 20.9. The van der Waals surface area contributed by atoms with Gasteiger partial charge in [0, 0.05) is 39.2 Å². The van der Waals surface area contributed by atoms with Crippen LogP contribution in [-0.4, -0.2) is 0 Å². The lowest BCUT2D eigenvalue weighted by atomic mass is 9.65. The molecule has 350 valence electrons. The van der Waals surface area contributed by atoms with Gasteiger partial charge in [-0.1, -0.05) is 218 Å². The minimum atomic E-state index is -0.704. The first-order valence-corrected chi connectivity index (χ1v) is 25.9. The Morgan fingerprint density at radius 2 is 0.693 bits per heavy atom. The molecule has 0 atom stereocenters. The molecule has 2 spiro atoms. The molecule has 12 aromatic carbocycles. The van der Waals surface area contributed by atoms with Crippen LogP contribution < -0.4 is 14.4 Å². The van der Waals surface area contributed by atoms with E-state index in [-0.39, 0.29) is 0 Å². The predicted octanol–water partition coefficient (Wildman–Crippen LogP) is 18.6. The SMILES string of the molecule is c1ccc(-c2ccc(-c3ccccc3N(c3ccc4c(c3)C3(c5ccccc5Oc5ccccc53)c3ccccc3-4)c3ccc4c(c3)C3(c5ccccc5Oc5ccccc53)c3c-4ccc4ccccc34)cc2)cc1. The molecule has 2 aliphatic carbocycles. The van der Waals surface area contributed by atoms with Crippen LogP contribution in [0.15, 0.2) is 273 Å². The molecule has 0 fully saturated rings. The van der Waals surface area contributed by atoms with Crippen molar-refractivity contribution in [3.05, 3.63) is 317 Å². The first-order valence-electron chi connectivity index (χ1n) is 25.9. The van der Waals surface area contributed by atoms with Crippen molar-refractivity contribution in [3.63, 3.8) is 0 Å². The molecule has 75 heavy (non-hydrogen) atoms. The van der Waals surface area contributed by atoms with Gasteiger partial charge in [-0.3, -0.25) is 0 Å². The second kappa shape index (κ2) is 15.9. The monoisotopic (exact) mass is 955 g/mol. The molecule has 2 aliphatic heterocycles. The molecule has 0 radical (unpaired) electrons. The molecule has 0 amide bonds. The molecular weight excluding hydrogens is 911 g/mol. The molecule has 16 rings (SSSR count). The van der Waals surface area contributed by atoms with Gasteiger partial charge < -0.3 is 14.4 Å². The van der Waals surface area contributed by atoms with Gasteiger partial charge in [0.05, 0.1) is 16.5 Å². The molecule has 3 nitrogen and oxygen atoms in total. The summed E-state index contributed by atoms with van der Waals surface area (Å²) in [6.07, 6.45) is 0. The van der Waals surface area contributed by atoms with E-state index in [9.17, 15) is 0 Å². The number of hydrogen-bond donors (Lipinski definition) is 0. The lowest BCUT2D eigenvalue weighted by Gasteiger charge is -2.40. The molecule has 0 saturated heterocycles. The average Bonchev–Trinajstić information content (AvgIpc) is 4.03. The van der Waals surface area contributed by atoms with Crippen molar-refractivity contribution in [2.75, 3.05) is 4.90 Å². The van der Waals surface area contributed by atoms with Gasteiger partial charge in [-0.2, -0.15) is 0 Å². The smallest absolute Gasteiger partial charge is 0.132 e. The number of rotatable bonds is 5. The van der Waals surface area contributed by atoms with Gasteiger partial charge in [0.2, 0.25) is 0 Å². The van der Waals surface area contributed by atoms with Gasteiger partial charge in [0.1, 0.15) is 23.0 Å². The molecule has 4 aliphatic rings. The standard InChI is InChI=1S/C72H45NO2/c1-2-18-46(19-3-1)47-34-36-49(37-35-47)52-21-7-13-29-65(52)73(50-39-42-55-54-23-6-8-24-58(54)71(63(55)44-50)59-25-9-14-30-66(59)74-67-31-15-10-26-60(67)71)51-40-43-56-57-41-38-48-20-4-5-22-53(48)70(57)72(64(56)45-51)61-27-11-16-32-68(61)75-69-33-17-12-28-62(69)72/h1-45H. The maximum Gasteiger partial charge on any atom is 0.132 e. The van der Waals surface area contributed by atoms with Crippen LogP contribution in [0.25, 0.3) is 55.3 Å². The Morgan fingerprint density at radius 3 is 1.32 bits per heavy atom. The highest BCUT2D eigenvalue weighted by Crippen LogP contribution is 2.66. The fourth-order valence-corrected chi connectivity index (χ4v) is 13.6. The normalized spacial score (nSPS) is 14.0. The van der Waals surface area contributed by atoms with Gasteiger partial charge in [-0.25, -0.2) is 0 Å². The Bertz CT molecular complexity index is 4230. The van der Waals surface area contributed by atoms with Crippen LogP contribution in [0.4, 0.5) is 17.1 Å². The molecule has 12 aromatic rings. The zero-order chi connectivity index (χ0) is 49.2. The number of fused-ring (bicyclic) bond motifs is 20. The molecule has 0 aromatic heterocycles. The third kappa shape index (κ3) is 5.75. The van der Waals surface area contributed by atoms with Crippen molar-refractivity contribution in [2.24, 2.45) is 0 Å². The highest BCUT2D eigenvalue weighted by Gasteiger charge is 2.53. The molecule has 2 heterocycles. The van der Waals surface area contributed by atoms with E-state index in [1.807, 2.05) is 0 Å². The summed E-state index contributed by atoms with van der Waals surface area (Å²) < 4.78 is 13.7. The van der Waals surface area contributed by atoms with Crippen molar-refractivity contribution in [1.82, 2.24) is 0 Å². The Morgan fingerprint density at radius 1 is 0.267 bits per heavy atom. The van der Waals surface area contributed by atoms with E-state index in [4.69, 9.17) is 9.47 Å². The van der Waals surface area contributed by atoms with E-state index < -0.39 is 10.8 Å². The molecule has 0 N–H and O–H groups in total. The van der Waals surface area contributed by atoms with E-state index in [0.717, 1.165) is 73.4 Å². The van der Waals surface area contributed by atoms with Gasteiger partial charge >= 0.3 is 0 Å². The fourth-order valence-electron chi connectivity index (χ4n) is 13.6. The predicted molar refractivity (Wildman–Crippen MR) is 304 cm³/mol. The summed E-state index contributed by atoms with van der Waals surface area (Å²) in [4.78, 5) is 2.51. The Labute approximate surface area is 435 Å². The van der Waals surface area contributed by atoms with Gasteiger partial charge in [0.15, 0.2) is 0 Å². The van der Waals surface area contributed by atoms with Crippen LogP contribution in [0.5, 0.6) is 23.0 Å². The zero-order valence-electron chi connectivity index (χ0n) is 40.7. The minimum absolute atomic E-state index is 0.647. The third-order valence-electron chi connectivity index (χ3n) is 16.6. The molecule has 3 heteroatoms. The van der Waals surface area contributed by atoms with E-state index >= 15 is 0 Å². The Balaban J connectivity index is 0.988. The summed E-state index contributed by atoms with van der Waals surface area (Å²) in [5, 5.41) is 2.45. The quantitative estimate of drug-likeness (QED) is 0.172. The minimum Gasteiger partial charge on any atom is -0.457 e. The number of ether oxygens (including phenoxy) is 2. The zero-order valence-corrected chi connectivity index (χ0v) is 40.7. The summed E-state index contributed by atoms with van der Waals surface area (Å²) in [5.74, 6) is 3.49. The number of para-hydroxylation sites is 5. The Hall–Kier alpha value is -9.70. The van der Waals surface area contributed by atoms with Crippen molar-refractivity contribution >= 4 is 27.8 Å². The van der Waals surface area contributed by atoms with Gasteiger partial charge in [-0.15, -0.1) is 0 Å². The van der Waals surface area contributed by atoms with Crippen LogP contribution in [0, 0.1) is 0 Å². The first kappa shape index (κ1) is 41.9. The highest BCUT2D eigenvalue weighted by atomic mass is 16.5. The summed E-state index contributed by atoms with van der Waals surface area (Å²) in [6, 6.07) is 100. The van der Waals surface area contributed by atoms with E-state index in [1.165, 1.54) is 66.4 Å². The largest absolute Gasteiger partial charge is 0.457 e. The highest BCUT2D eigenvalue weighted by molar-refractivity contribution is 6.02. The maximum atomic E-state index is 6.88. The van der Waals surface area contributed by atoms with E-state index in [1.54, 1.807) is 0 Å². The van der Waals surface area contributed by atoms with Gasteiger partial charge in [0.25, 0.3) is 0 Å². The summed E-state index contributed by atoms with van der Waals surface area (Å²) >= 11 is 0. The topological polar surface area (TPSA) is 21.7 Å². The van der Waals surface area contributed by atoms with Crippen molar-refractivity contribution in [3.8, 4) is 67.5 Å². The Kier molecular flexibility index (Phi) is 8.88. The lowest BCUT2D eigenvalue weighted by molar-refractivity contribution is 0.436. The van der Waals surface area contributed by atoms with Crippen molar-refractivity contribution in [2.45, 2.75) is 10.8 Å². The molecule has 0 bridgehead atoms. The molecule has 0 unspecified atom stereocenters.